The SMILES string of the molecule is Cc1[nH]nc2c(NCCN(C)C)ncnc12. The van der Waals surface area contributed by atoms with Gasteiger partial charge in [0.15, 0.2) is 11.3 Å². The van der Waals surface area contributed by atoms with Gasteiger partial charge >= 0.3 is 0 Å². The number of anilines is 1. The Balaban J connectivity index is 2.17. The van der Waals surface area contributed by atoms with Crippen molar-refractivity contribution in [1.82, 2.24) is 25.1 Å². The molecule has 0 aliphatic carbocycles. The summed E-state index contributed by atoms with van der Waals surface area (Å²) in [5.41, 5.74) is 2.65. The van der Waals surface area contributed by atoms with E-state index < -0.39 is 0 Å². The van der Waals surface area contributed by atoms with E-state index in [9.17, 15) is 0 Å². The third kappa shape index (κ3) is 2.11. The van der Waals surface area contributed by atoms with Crippen molar-refractivity contribution in [2.45, 2.75) is 6.92 Å². The van der Waals surface area contributed by atoms with Crippen LogP contribution in [0.1, 0.15) is 5.69 Å². The van der Waals surface area contributed by atoms with Crippen LogP contribution in [-0.2, 0) is 0 Å². The largest absolute Gasteiger partial charge is 0.367 e. The standard InChI is InChI=1S/C10H16N6/c1-7-8-9(15-14-7)10(13-6-12-8)11-4-5-16(2)3/h6H,4-5H2,1-3H3,(H,14,15)(H,11,12,13). The predicted molar refractivity (Wildman–Crippen MR) is 63.5 cm³/mol. The van der Waals surface area contributed by atoms with Gasteiger partial charge in [-0.2, -0.15) is 5.10 Å². The molecule has 0 aliphatic heterocycles. The number of aromatic nitrogens is 4. The number of H-pyrrole nitrogens is 1. The van der Waals surface area contributed by atoms with E-state index in [1.54, 1.807) is 6.33 Å². The molecular formula is C10H16N6. The van der Waals surface area contributed by atoms with Crippen LogP contribution in [-0.4, -0.2) is 52.3 Å². The molecule has 2 heterocycles. The minimum atomic E-state index is 0.788. The molecule has 2 aromatic heterocycles. The topological polar surface area (TPSA) is 69.7 Å². The van der Waals surface area contributed by atoms with E-state index in [-0.39, 0.29) is 0 Å². The van der Waals surface area contributed by atoms with Gasteiger partial charge in [-0.05, 0) is 21.0 Å². The Labute approximate surface area is 94.1 Å². The number of aryl methyl sites for hydroxylation is 1. The first kappa shape index (κ1) is 10.8. The molecule has 6 heteroatoms. The monoisotopic (exact) mass is 220 g/mol. The fraction of sp³-hybridized carbons (Fsp3) is 0.500. The van der Waals surface area contributed by atoms with E-state index in [4.69, 9.17) is 0 Å². The molecule has 16 heavy (non-hydrogen) atoms. The summed E-state index contributed by atoms with van der Waals surface area (Å²) in [4.78, 5) is 10.5. The molecule has 0 radical (unpaired) electrons. The van der Waals surface area contributed by atoms with Gasteiger partial charge in [-0.15, -0.1) is 0 Å². The van der Waals surface area contributed by atoms with Crippen molar-refractivity contribution in [3.8, 4) is 0 Å². The number of nitrogens with zero attached hydrogens (tertiary/aromatic N) is 4. The number of nitrogens with one attached hydrogen (secondary N) is 2. The quantitative estimate of drug-likeness (QED) is 0.791. The van der Waals surface area contributed by atoms with Gasteiger partial charge in [0.1, 0.15) is 11.8 Å². The summed E-state index contributed by atoms with van der Waals surface area (Å²) in [7, 11) is 4.08. The van der Waals surface area contributed by atoms with Crippen molar-refractivity contribution in [2.75, 3.05) is 32.5 Å². The average Bonchev–Trinajstić information content (AvgIpc) is 2.61. The van der Waals surface area contributed by atoms with Crippen molar-refractivity contribution in [1.29, 1.82) is 0 Å². The first-order chi connectivity index (χ1) is 7.68. The van der Waals surface area contributed by atoms with Crippen LogP contribution in [0, 0.1) is 6.92 Å². The minimum absolute atomic E-state index is 0.788. The Morgan fingerprint density at radius 3 is 2.88 bits per heavy atom. The lowest BCUT2D eigenvalue weighted by Crippen LogP contribution is -2.21. The van der Waals surface area contributed by atoms with Gasteiger partial charge in [0.05, 0.1) is 5.69 Å². The molecular weight excluding hydrogens is 204 g/mol. The first-order valence-corrected chi connectivity index (χ1v) is 5.23. The Bertz CT molecular complexity index is 475. The maximum atomic E-state index is 4.19. The Morgan fingerprint density at radius 2 is 2.12 bits per heavy atom. The highest BCUT2D eigenvalue weighted by Crippen LogP contribution is 2.17. The second-order valence-electron chi connectivity index (χ2n) is 4.00. The lowest BCUT2D eigenvalue weighted by molar-refractivity contribution is 0.425. The van der Waals surface area contributed by atoms with Gasteiger partial charge in [-0.3, -0.25) is 5.10 Å². The molecule has 0 bridgehead atoms. The van der Waals surface area contributed by atoms with E-state index in [0.717, 1.165) is 35.6 Å². The zero-order valence-corrected chi connectivity index (χ0v) is 9.78. The van der Waals surface area contributed by atoms with Crippen molar-refractivity contribution >= 4 is 16.9 Å². The van der Waals surface area contributed by atoms with E-state index in [1.807, 2.05) is 21.0 Å². The summed E-state index contributed by atoms with van der Waals surface area (Å²) >= 11 is 0. The molecule has 6 nitrogen and oxygen atoms in total. The number of hydrogen-bond acceptors (Lipinski definition) is 5. The van der Waals surface area contributed by atoms with Gasteiger partial charge in [-0.25, -0.2) is 9.97 Å². The van der Waals surface area contributed by atoms with Crippen molar-refractivity contribution in [2.24, 2.45) is 0 Å². The highest BCUT2D eigenvalue weighted by molar-refractivity contribution is 5.86. The van der Waals surface area contributed by atoms with E-state index >= 15 is 0 Å². The smallest absolute Gasteiger partial charge is 0.157 e. The summed E-state index contributed by atoms with van der Waals surface area (Å²) < 4.78 is 0. The highest BCUT2D eigenvalue weighted by atomic mass is 15.2. The van der Waals surface area contributed by atoms with Crippen LogP contribution in [0.5, 0.6) is 0 Å². The van der Waals surface area contributed by atoms with Gasteiger partial charge in [0.2, 0.25) is 0 Å². The molecule has 86 valence electrons. The number of fused-ring (bicyclic) bond motifs is 1. The maximum Gasteiger partial charge on any atom is 0.157 e. The molecule has 0 unspecified atom stereocenters. The minimum Gasteiger partial charge on any atom is -0.367 e. The van der Waals surface area contributed by atoms with Crippen molar-refractivity contribution < 1.29 is 0 Å². The van der Waals surface area contributed by atoms with Crippen LogP contribution < -0.4 is 5.32 Å². The van der Waals surface area contributed by atoms with Crippen LogP contribution in [0.2, 0.25) is 0 Å². The average molecular weight is 220 g/mol. The Kier molecular flexibility index (Phi) is 3.00. The summed E-state index contributed by atoms with van der Waals surface area (Å²) in [5.74, 6) is 0.788. The second-order valence-corrected chi connectivity index (χ2v) is 4.00. The van der Waals surface area contributed by atoms with Crippen LogP contribution in [0.15, 0.2) is 6.33 Å². The highest BCUT2D eigenvalue weighted by Gasteiger charge is 2.08. The number of rotatable bonds is 4. The number of likely N-dealkylation sites (N-methyl/N-ethyl adjacent to an activating group) is 1. The third-order valence-corrected chi connectivity index (χ3v) is 2.36. The molecule has 2 rings (SSSR count). The van der Waals surface area contributed by atoms with Gasteiger partial charge in [-0.1, -0.05) is 0 Å². The van der Waals surface area contributed by atoms with Crippen LogP contribution in [0.3, 0.4) is 0 Å². The van der Waals surface area contributed by atoms with Gasteiger partial charge in [0, 0.05) is 13.1 Å². The fourth-order valence-corrected chi connectivity index (χ4v) is 1.48. The Morgan fingerprint density at radius 1 is 1.31 bits per heavy atom. The predicted octanol–water partition coefficient (Wildman–Crippen LogP) is 0.635. The summed E-state index contributed by atoms with van der Waals surface area (Å²) in [6.07, 6.45) is 1.56. The normalized spacial score (nSPS) is 11.2. The molecule has 0 spiro atoms. The van der Waals surface area contributed by atoms with E-state index in [2.05, 4.69) is 30.4 Å². The molecule has 0 fully saturated rings. The number of aromatic amines is 1. The summed E-state index contributed by atoms with van der Waals surface area (Å²) in [5, 5.41) is 10.4. The molecule has 0 saturated heterocycles. The molecule has 0 atom stereocenters. The number of hydrogen-bond donors (Lipinski definition) is 2. The van der Waals surface area contributed by atoms with E-state index in [1.165, 1.54) is 0 Å². The molecule has 0 amide bonds. The lowest BCUT2D eigenvalue weighted by Gasteiger charge is -2.10. The molecule has 0 saturated carbocycles. The van der Waals surface area contributed by atoms with E-state index in [0.29, 0.717) is 0 Å². The third-order valence-electron chi connectivity index (χ3n) is 2.36. The molecule has 0 aromatic carbocycles. The summed E-state index contributed by atoms with van der Waals surface area (Å²) in [6.45, 7) is 3.74. The summed E-state index contributed by atoms with van der Waals surface area (Å²) in [6, 6.07) is 0. The van der Waals surface area contributed by atoms with Crippen LogP contribution >= 0.6 is 0 Å². The molecule has 0 aliphatic rings. The fourth-order valence-electron chi connectivity index (χ4n) is 1.48. The van der Waals surface area contributed by atoms with Crippen LogP contribution in [0.25, 0.3) is 11.0 Å². The Hall–Kier alpha value is -1.69. The van der Waals surface area contributed by atoms with Crippen molar-refractivity contribution in [3.05, 3.63) is 12.0 Å². The van der Waals surface area contributed by atoms with Gasteiger partial charge in [0.25, 0.3) is 0 Å². The maximum absolute atomic E-state index is 4.19. The zero-order valence-electron chi connectivity index (χ0n) is 9.78. The molecule has 2 N–H and O–H groups in total. The lowest BCUT2D eigenvalue weighted by atomic mass is 10.3. The zero-order chi connectivity index (χ0) is 11.5. The second kappa shape index (κ2) is 4.44. The van der Waals surface area contributed by atoms with Gasteiger partial charge < -0.3 is 10.2 Å². The molecule has 2 aromatic rings. The first-order valence-electron chi connectivity index (χ1n) is 5.23. The van der Waals surface area contributed by atoms with Crippen molar-refractivity contribution in [3.63, 3.8) is 0 Å². The van der Waals surface area contributed by atoms with Crippen LogP contribution in [0.4, 0.5) is 5.82 Å².